The molecule has 21 heavy (non-hydrogen) atoms. The molecule has 6 heteroatoms. The fourth-order valence-electron chi connectivity index (χ4n) is 2.88. The van der Waals surface area contributed by atoms with Gasteiger partial charge in [-0.1, -0.05) is 6.92 Å². The normalized spacial score (nSPS) is 16.7. The summed E-state index contributed by atoms with van der Waals surface area (Å²) in [4.78, 5) is 4.18. The van der Waals surface area contributed by atoms with E-state index in [1.54, 1.807) is 6.07 Å². The molecule has 0 saturated heterocycles. The second kappa shape index (κ2) is 5.89. The first-order valence-corrected chi connectivity index (χ1v) is 7.48. The monoisotopic (exact) mass is 289 g/mol. The van der Waals surface area contributed by atoms with Crippen LogP contribution in [0.25, 0.3) is 0 Å². The van der Waals surface area contributed by atoms with Crippen LogP contribution in [0.2, 0.25) is 0 Å². The van der Waals surface area contributed by atoms with Crippen LogP contribution < -0.4 is 5.32 Å². The highest BCUT2D eigenvalue weighted by Gasteiger charge is 2.23. The first-order valence-electron chi connectivity index (χ1n) is 7.48. The molecule has 0 aliphatic carbocycles. The van der Waals surface area contributed by atoms with Gasteiger partial charge in [-0.05, 0) is 31.9 Å². The Bertz CT molecular complexity index is 607. The molecule has 2 atom stereocenters. The van der Waals surface area contributed by atoms with E-state index >= 15 is 0 Å². The summed E-state index contributed by atoms with van der Waals surface area (Å²) in [6.07, 6.45) is 4.29. The largest absolute Gasteiger partial charge is 0.314 e. The lowest BCUT2D eigenvalue weighted by Crippen LogP contribution is -2.27. The fraction of sp³-hybridized carbons (Fsp3) is 0.533. The lowest BCUT2D eigenvalue weighted by molar-refractivity contribution is 0.423. The number of fused-ring (bicyclic) bond motifs is 1. The lowest BCUT2D eigenvalue weighted by Gasteiger charge is -2.21. The maximum Gasteiger partial charge on any atom is 0.149 e. The number of nitrogens with one attached hydrogen (secondary N) is 1. The Hall–Kier alpha value is -1.82. The molecule has 0 amide bonds. The molecular formula is C15H20FN5. The van der Waals surface area contributed by atoms with E-state index in [4.69, 9.17) is 0 Å². The molecule has 0 bridgehead atoms. The highest BCUT2D eigenvalue weighted by molar-refractivity contribution is 5.11. The molecular weight excluding hydrogens is 269 g/mol. The van der Waals surface area contributed by atoms with Crippen molar-refractivity contribution in [3.8, 4) is 0 Å². The minimum atomic E-state index is -0.308. The van der Waals surface area contributed by atoms with Crippen LogP contribution in [0.1, 0.15) is 56.1 Å². The minimum Gasteiger partial charge on any atom is -0.314 e. The van der Waals surface area contributed by atoms with E-state index in [0.29, 0.717) is 0 Å². The van der Waals surface area contributed by atoms with Crippen molar-refractivity contribution in [1.29, 1.82) is 0 Å². The summed E-state index contributed by atoms with van der Waals surface area (Å²) in [5.41, 5.74) is 0.854. The maximum absolute atomic E-state index is 13.0. The molecule has 0 saturated carbocycles. The van der Waals surface area contributed by atoms with Crippen LogP contribution in [0.4, 0.5) is 4.39 Å². The van der Waals surface area contributed by atoms with Gasteiger partial charge < -0.3 is 4.57 Å². The van der Waals surface area contributed by atoms with E-state index in [0.717, 1.165) is 43.1 Å². The Labute approximate surface area is 123 Å². The molecule has 1 N–H and O–H groups in total. The fourth-order valence-corrected chi connectivity index (χ4v) is 2.88. The molecule has 3 heterocycles. The molecule has 1 aliphatic heterocycles. The smallest absolute Gasteiger partial charge is 0.149 e. The highest BCUT2D eigenvalue weighted by Crippen LogP contribution is 2.23. The SMILES string of the molecule is CCC(NC(C)c1nnc2n1CCC2)c1ccc(F)cn1. The van der Waals surface area contributed by atoms with Gasteiger partial charge >= 0.3 is 0 Å². The highest BCUT2D eigenvalue weighted by atomic mass is 19.1. The Morgan fingerprint density at radius 2 is 2.24 bits per heavy atom. The van der Waals surface area contributed by atoms with Crippen molar-refractivity contribution in [3.05, 3.63) is 41.5 Å². The van der Waals surface area contributed by atoms with Crippen molar-refractivity contribution in [1.82, 2.24) is 25.1 Å². The summed E-state index contributed by atoms with van der Waals surface area (Å²) in [6.45, 7) is 5.17. The number of rotatable bonds is 5. The summed E-state index contributed by atoms with van der Waals surface area (Å²) in [6, 6.07) is 3.35. The molecule has 1 aliphatic rings. The number of halogens is 1. The van der Waals surface area contributed by atoms with Gasteiger partial charge in [0, 0.05) is 19.0 Å². The zero-order chi connectivity index (χ0) is 14.8. The van der Waals surface area contributed by atoms with Crippen molar-refractivity contribution in [2.45, 2.75) is 51.7 Å². The van der Waals surface area contributed by atoms with Gasteiger partial charge in [-0.15, -0.1) is 10.2 Å². The number of hydrogen-bond acceptors (Lipinski definition) is 4. The van der Waals surface area contributed by atoms with Crippen molar-refractivity contribution < 1.29 is 4.39 Å². The third-order valence-electron chi connectivity index (χ3n) is 3.99. The Kier molecular flexibility index (Phi) is 3.96. The van der Waals surface area contributed by atoms with Gasteiger partial charge in [-0.25, -0.2) is 4.39 Å². The van der Waals surface area contributed by atoms with Gasteiger partial charge in [0.25, 0.3) is 0 Å². The zero-order valence-corrected chi connectivity index (χ0v) is 12.4. The molecule has 2 unspecified atom stereocenters. The van der Waals surface area contributed by atoms with Crippen LogP contribution >= 0.6 is 0 Å². The third kappa shape index (κ3) is 2.81. The standard InChI is InChI=1S/C15H20FN5/c1-3-12(13-7-6-11(16)9-17-13)18-10(2)15-20-19-14-5-4-8-21(14)15/h6-7,9-10,12,18H,3-5,8H2,1-2H3. The summed E-state index contributed by atoms with van der Waals surface area (Å²) in [5.74, 6) is 1.74. The van der Waals surface area contributed by atoms with Crippen LogP contribution in [0, 0.1) is 5.82 Å². The molecule has 2 aromatic rings. The van der Waals surface area contributed by atoms with E-state index in [1.807, 2.05) is 0 Å². The Balaban J connectivity index is 1.75. The van der Waals surface area contributed by atoms with Crippen molar-refractivity contribution >= 4 is 0 Å². The van der Waals surface area contributed by atoms with Crippen LogP contribution in [0.15, 0.2) is 18.3 Å². The number of pyridine rings is 1. The zero-order valence-electron chi connectivity index (χ0n) is 12.4. The quantitative estimate of drug-likeness (QED) is 0.919. The molecule has 0 aromatic carbocycles. The van der Waals surface area contributed by atoms with Crippen LogP contribution in [0.5, 0.6) is 0 Å². The van der Waals surface area contributed by atoms with Gasteiger partial charge in [0.15, 0.2) is 0 Å². The van der Waals surface area contributed by atoms with Crippen molar-refractivity contribution in [2.24, 2.45) is 0 Å². The minimum absolute atomic E-state index is 0.0787. The first-order chi connectivity index (χ1) is 10.2. The molecule has 3 rings (SSSR count). The summed E-state index contributed by atoms with van der Waals surface area (Å²) in [5, 5.41) is 12.1. The van der Waals surface area contributed by atoms with E-state index in [-0.39, 0.29) is 17.9 Å². The van der Waals surface area contributed by atoms with Crippen LogP contribution in [-0.2, 0) is 13.0 Å². The summed E-state index contributed by atoms with van der Waals surface area (Å²) in [7, 11) is 0. The van der Waals surface area contributed by atoms with Gasteiger partial charge in [-0.2, -0.15) is 0 Å². The van der Waals surface area contributed by atoms with Crippen molar-refractivity contribution in [3.63, 3.8) is 0 Å². The number of hydrogen-bond donors (Lipinski definition) is 1. The van der Waals surface area contributed by atoms with Crippen molar-refractivity contribution in [2.75, 3.05) is 0 Å². The second-order valence-electron chi connectivity index (χ2n) is 5.48. The predicted molar refractivity (Wildman–Crippen MR) is 77.1 cm³/mol. The van der Waals surface area contributed by atoms with E-state index in [2.05, 4.69) is 38.9 Å². The first kappa shape index (κ1) is 14.1. The number of aryl methyl sites for hydroxylation is 1. The molecule has 0 fully saturated rings. The molecule has 2 aromatic heterocycles. The molecule has 0 radical (unpaired) electrons. The maximum atomic E-state index is 13.0. The molecule has 5 nitrogen and oxygen atoms in total. The van der Waals surface area contributed by atoms with Gasteiger partial charge in [-0.3, -0.25) is 10.3 Å². The molecule has 0 spiro atoms. The number of nitrogens with zero attached hydrogens (tertiary/aromatic N) is 4. The topological polar surface area (TPSA) is 55.6 Å². The average Bonchev–Trinajstić information content (AvgIpc) is 3.08. The summed E-state index contributed by atoms with van der Waals surface area (Å²) >= 11 is 0. The van der Waals surface area contributed by atoms with Crippen LogP contribution in [0.3, 0.4) is 0 Å². The average molecular weight is 289 g/mol. The Morgan fingerprint density at radius 1 is 1.38 bits per heavy atom. The molecule has 112 valence electrons. The van der Waals surface area contributed by atoms with Gasteiger partial charge in [0.2, 0.25) is 0 Å². The third-order valence-corrected chi connectivity index (χ3v) is 3.99. The second-order valence-corrected chi connectivity index (χ2v) is 5.48. The number of aromatic nitrogens is 4. The van der Waals surface area contributed by atoms with Crippen LogP contribution in [-0.4, -0.2) is 19.7 Å². The van der Waals surface area contributed by atoms with E-state index in [1.165, 1.54) is 12.3 Å². The Morgan fingerprint density at radius 3 is 2.95 bits per heavy atom. The van der Waals surface area contributed by atoms with E-state index < -0.39 is 0 Å². The lowest BCUT2D eigenvalue weighted by atomic mass is 10.1. The predicted octanol–water partition coefficient (Wildman–Crippen LogP) is 2.56. The van der Waals surface area contributed by atoms with Gasteiger partial charge in [0.1, 0.15) is 17.5 Å². The summed E-state index contributed by atoms with van der Waals surface area (Å²) < 4.78 is 15.2. The van der Waals surface area contributed by atoms with Gasteiger partial charge in [0.05, 0.1) is 17.9 Å². The van der Waals surface area contributed by atoms with E-state index in [9.17, 15) is 4.39 Å².